The number of non-ortho nitro benzene ring substituents is 1. The SMILES string of the molecule is C[C@H]1CCC[C@H](C)N1C(=O)c1cc([N+](=O)[O-])ccc1Cl. The van der Waals surface area contributed by atoms with Crippen LogP contribution in [0.2, 0.25) is 5.02 Å². The maximum Gasteiger partial charge on any atom is 0.270 e. The Morgan fingerprint density at radius 3 is 2.50 bits per heavy atom. The van der Waals surface area contributed by atoms with Crippen LogP contribution in [0.3, 0.4) is 0 Å². The molecule has 1 aromatic carbocycles. The number of rotatable bonds is 2. The number of benzene rings is 1. The minimum Gasteiger partial charge on any atom is -0.333 e. The average molecular weight is 297 g/mol. The van der Waals surface area contributed by atoms with Crippen molar-refractivity contribution in [1.29, 1.82) is 0 Å². The lowest BCUT2D eigenvalue weighted by Gasteiger charge is -2.39. The number of likely N-dealkylation sites (tertiary alicyclic amines) is 1. The molecule has 0 aromatic heterocycles. The standard InChI is InChI=1S/C14H17ClN2O3/c1-9-4-3-5-10(2)16(9)14(18)12-8-11(17(19)20)6-7-13(12)15/h6-10H,3-5H2,1-2H3/t9-,10-/m0/s1. The third-order valence-corrected chi connectivity index (χ3v) is 4.15. The van der Waals surface area contributed by atoms with E-state index >= 15 is 0 Å². The van der Waals surface area contributed by atoms with Crippen molar-refractivity contribution in [2.45, 2.75) is 45.2 Å². The molecule has 1 fully saturated rings. The van der Waals surface area contributed by atoms with E-state index in [4.69, 9.17) is 11.6 Å². The fourth-order valence-electron chi connectivity index (χ4n) is 2.75. The molecule has 1 saturated heterocycles. The monoisotopic (exact) mass is 296 g/mol. The molecule has 0 spiro atoms. The highest BCUT2D eigenvalue weighted by atomic mass is 35.5. The van der Waals surface area contributed by atoms with Crippen LogP contribution in [-0.4, -0.2) is 27.8 Å². The number of carbonyl (C=O) groups is 1. The molecule has 0 N–H and O–H groups in total. The normalized spacial score (nSPS) is 22.6. The first-order chi connectivity index (χ1) is 9.41. The molecule has 6 heteroatoms. The third kappa shape index (κ3) is 2.77. The van der Waals surface area contributed by atoms with Gasteiger partial charge in [0.25, 0.3) is 11.6 Å². The molecule has 0 bridgehead atoms. The number of hydrogen-bond donors (Lipinski definition) is 0. The van der Waals surface area contributed by atoms with Crippen molar-refractivity contribution in [2.24, 2.45) is 0 Å². The van der Waals surface area contributed by atoms with Gasteiger partial charge in [0.15, 0.2) is 0 Å². The maximum atomic E-state index is 12.6. The first kappa shape index (κ1) is 14.8. The Labute approximate surface area is 122 Å². The molecule has 0 saturated carbocycles. The van der Waals surface area contributed by atoms with Crippen LogP contribution in [0.4, 0.5) is 5.69 Å². The summed E-state index contributed by atoms with van der Waals surface area (Å²) in [7, 11) is 0. The zero-order valence-electron chi connectivity index (χ0n) is 11.5. The second kappa shape index (κ2) is 5.79. The van der Waals surface area contributed by atoms with Crippen LogP contribution in [0.15, 0.2) is 18.2 Å². The second-order valence-corrected chi connectivity index (χ2v) is 5.67. The van der Waals surface area contributed by atoms with Gasteiger partial charge < -0.3 is 4.90 Å². The van der Waals surface area contributed by atoms with Gasteiger partial charge in [-0.15, -0.1) is 0 Å². The Morgan fingerprint density at radius 1 is 1.35 bits per heavy atom. The zero-order valence-corrected chi connectivity index (χ0v) is 12.3. The van der Waals surface area contributed by atoms with E-state index in [-0.39, 0.29) is 34.3 Å². The van der Waals surface area contributed by atoms with Crippen molar-refractivity contribution in [3.63, 3.8) is 0 Å². The Morgan fingerprint density at radius 2 is 1.95 bits per heavy atom. The van der Waals surface area contributed by atoms with Crippen LogP contribution in [0.25, 0.3) is 0 Å². The van der Waals surface area contributed by atoms with Crippen LogP contribution >= 0.6 is 11.6 Å². The molecule has 2 atom stereocenters. The van der Waals surface area contributed by atoms with E-state index in [9.17, 15) is 14.9 Å². The molecule has 1 aliphatic rings. The number of carbonyl (C=O) groups excluding carboxylic acids is 1. The predicted octanol–water partition coefficient (Wildman–Crippen LogP) is 3.65. The molecule has 0 aliphatic carbocycles. The summed E-state index contributed by atoms with van der Waals surface area (Å²) in [6.07, 6.45) is 2.99. The van der Waals surface area contributed by atoms with Crippen LogP contribution in [0, 0.1) is 10.1 Å². The van der Waals surface area contributed by atoms with Gasteiger partial charge in [-0.25, -0.2) is 0 Å². The molecule has 2 rings (SSSR count). The molecular formula is C14H17ClN2O3. The van der Waals surface area contributed by atoms with Crippen molar-refractivity contribution in [3.05, 3.63) is 38.9 Å². The molecule has 20 heavy (non-hydrogen) atoms. The smallest absolute Gasteiger partial charge is 0.270 e. The summed E-state index contributed by atoms with van der Waals surface area (Å²) in [6, 6.07) is 4.23. The van der Waals surface area contributed by atoms with Gasteiger partial charge in [-0.1, -0.05) is 11.6 Å². The maximum absolute atomic E-state index is 12.6. The molecule has 1 amide bonds. The third-order valence-electron chi connectivity index (χ3n) is 3.82. The molecule has 1 heterocycles. The number of halogens is 1. The summed E-state index contributed by atoms with van der Waals surface area (Å²) < 4.78 is 0. The highest BCUT2D eigenvalue weighted by Gasteiger charge is 2.31. The lowest BCUT2D eigenvalue weighted by Crippen LogP contribution is -2.47. The zero-order chi connectivity index (χ0) is 14.9. The van der Waals surface area contributed by atoms with Crippen molar-refractivity contribution in [3.8, 4) is 0 Å². The fourth-order valence-corrected chi connectivity index (χ4v) is 2.95. The van der Waals surface area contributed by atoms with Crippen LogP contribution < -0.4 is 0 Å². The van der Waals surface area contributed by atoms with Gasteiger partial charge in [-0.05, 0) is 39.2 Å². The molecular weight excluding hydrogens is 280 g/mol. The number of piperidine rings is 1. The average Bonchev–Trinajstić information content (AvgIpc) is 2.38. The largest absolute Gasteiger partial charge is 0.333 e. The molecule has 1 aliphatic heterocycles. The van der Waals surface area contributed by atoms with Gasteiger partial charge in [-0.2, -0.15) is 0 Å². The van der Waals surface area contributed by atoms with Crippen molar-refractivity contribution < 1.29 is 9.72 Å². The summed E-state index contributed by atoms with van der Waals surface area (Å²) in [4.78, 5) is 24.7. The van der Waals surface area contributed by atoms with E-state index in [1.54, 1.807) is 4.90 Å². The summed E-state index contributed by atoms with van der Waals surface area (Å²) >= 11 is 6.04. The number of nitrogens with zero attached hydrogens (tertiary/aromatic N) is 2. The van der Waals surface area contributed by atoms with E-state index in [2.05, 4.69) is 0 Å². The Hall–Kier alpha value is -1.62. The van der Waals surface area contributed by atoms with E-state index < -0.39 is 4.92 Å². The van der Waals surface area contributed by atoms with E-state index in [0.717, 1.165) is 19.3 Å². The molecule has 0 radical (unpaired) electrons. The van der Waals surface area contributed by atoms with Gasteiger partial charge >= 0.3 is 0 Å². The summed E-state index contributed by atoms with van der Waals surface area (Å²) in [5.74, 6) is -0.224. The van der Waals surface area contributed by atoms with Gasteiger partial charge in [0.1, 0.15) is 0 Å². The minimum absolute atomic E-state index is 0.116. The van der Waals surface area contributed by atoms with Gasteiger partial charge in [-0.3, -0.25) is 14.9 Å². The number of nitro benzene ring substituents is 1. The van der Waals surface area contributed by atoms with Gasteiger partial charge in [0.05, 0.1) is 15.5 Å². The minimum atomic E-state index is -0.518. The van der Waals surface area contributed by atoms with E-state index in [1.807, 2.05) is 13.8 Å². The number of amides is 1. The summed E-state index contributed by atoms with van der Waals surface area (Å²) in [6.45, 7) is 4.00. The van der Waals surface area contributed by atoms with E-state index in [1.165, 1.54) is 18.2 Å². The van der Waals surface area contributed by atoms with Crippen molar-refractivity contribution in [2.75, 3.05) is 0 Å². The number of hydrogen-bond acceptors (Lipinski definition) is 3. The van der Waals surface area contributed by atoms with Gasteiger partial charge in [0, 0.05) is 24.2 Å². The highest BCUT2D eigenvalue weighted by molar-refractivity contribution is 6.34. The van der Waals surface area contributed by atoms with Crippen LogP contribution in [0.5, 0.6) is 0 Å². The molecule has 5 nitrogen and oxygen atoms in total. The predicted molar refractivity (Wildman–Crippen MR) is 77.1 cm³/mol. The molecule has 0 unspecified atom stereocenters. The van der Waals surface area contributed by atoms with Crippen LogP contribution in [-0.2, 0) is 0 Å². The Bertz CT molecular complexity index is 537. The Kier molecular flexibility index (Phi) is 4.28. The highest BCUT2D eigenvalue weighted by Crippen LogP contribution is 2.29. The Balaban J connectivity index is 2.37. The summed E-state index contributed by atoms with van der Waals surface area (Å²) in [5.41, 5.74) is 0.0940. The van der Waals surface area contributed by atoms with Crippen molar-refractivity contribution in [1.82, 2.24) is 4.90 Å². The fraction of sp³-hybridized carbons (Fsp3) is 0.500. The lowest BCUT2D eigenvalue weighted by molar-refractivity contribution is -0.384. The first-order valence-corrected chi connectivity index (χ1v) is 7.06. The van der Waals surface area contributed by atoms with E-state index in [0.29, 0.717) is 0 Å². The first-order valence-electron chi connectivity index (χ1n) is 6.68. The van der Waals surface area contributed by atoms with Crippen molar-refractivity contribution >= 4 is 23.2 Å². The molecule has 1 aromatic rings. The quantitative estimate of drug-likeness (QED) is 0.618. The molecule has 108 valence electrons. The second-order valence-electron chi connectivity index (χ2n) is 5.26. The summed E-state index contributed by atoms with van der Waals surface area (Å²) in [5, 5.41) is 11.1. The lowest BCUT2D eigenvalue weighted by atomic mass is 9.96. The van der Waals surface area contributed by atoms with Gasteiger partial charge in [0.2, 0.25) is 0 Å². The van der Waals surface area contributed by atoms with Crippen LogP contribution in [0.1, 0.15) is 43.5 Å². The number of nitro groups is 1. The topological polar surface area (TPSA) is 63.5 Å².